The molecule has 0 unspecified atom stereocenters. The van der Waals surface area contributed by atoms with Gasteiger partial charge < -0.3 is 16.0 Å². The Balaban J connectivity index is 0.000000317. The normalized spacial score (nSPS) is 20.5. The lowest BCUT2D eigenvalue weighted by molar-refractivity contribution is 0.231. The fourth-order valence-electron chi connectivity index (χ4n) is 2.46. The summed E-state index contributed by atoms with van der Waals surface area (Å²) in [6.45, 7) is 15.9. The maximum absolute atomic E-state index is 5.22. The summed E-state index contributed by atoms with van der Waals surface area (Å²) in [5.74, 6) is 0. The van der Waals surface area contributed by atoms with Crippen LogP contribution >= 0.6 is 0 Å². The maximum Gasteiger partial charge on any atom is 0.0110 e. The molecule has 4 nitrogen and oxygen atoms in total. The van der Waals surface area contributed by atoms with Crippen LogP contribution in [-0.4, -0.2) is 68.2 Å². The van der Waals surface area contributed by atoms with Gasteiger partial charge in [0.05, 0.1) is 0 Å². The highest BCUT2D eigenvalue weighted by Gasteiger charge is 2.28. The first-order valence-corrected chi connectivity index (χ1v) is 10.1. The van der Waals surface area contributed by atoms with Gasteiger partial charge in [-0.3, -0.25) is 4.90 Å². The quantitative estimate of drug-likeness (QED) is 0.814. The highest BCUT2D eigenvalue weighted by molar-refractivity contribution is 4.86. The molecule has 0 atom stereocenters. The fourth-order valence-corrected chi connectivity index (χ4v) is 2.46. The summed E-state index contributed by atoms with van der Waals surface area (Å²) in [6, 6.07) is 1.56. The van der Waals surface area contributed by atoms with E-state index in [0.717, 1.165) is 6.04 Å². The van der Waals surface area contributed by atoms with Crippen molar-refractivity contribution < 1.29 is 0 Å². The summed E-state index contributed by atoms with van der Waals surface area (Å²) in [5.41, 5.74) is 5.22. The average molecular weight is 329 g/mol. The van der Waals surface area contributed by atoms with Gasteiger partial charge in [-0.15, -0.1) is 0 Å². The minimum atomic E-state index is 0.583. The molecular formula is C19H44N4. The van der Waals surface area contributed by atoms with Crippen LogP contribution in [0.2, 0.25) is 0 Å². The van der Waals surface area contributed by atoms with Crippen molar-refractivity contribution in [2.45, 2.75) is 78.3 Å². The smallest absolute Gasteiger partial charge is 0.0110 e. The van der Waals surface area contributed by atoms with Crippen LogP contribution < -0.4 is 11.1 Å². The first-order chi connectivity index (χ1) is 11.2. The largest absolute Gasteiger partial charge is 0.328 e. The van der Waals surface area contributed by atoms with E-state index < -0.39 is 0 Å². The van der Waals surface area contributed by atoms with Gasteiger partial charge in [-0.1, -0.05) is 27.7 Å². The molecule has 3 rings (SSSR count). The zero-order chi connectivity index (χ0) is 17.5. The third-order valence-corrected chi connectivity index (χ3v) is 4.05. The van der Waals surface area contributed by atoms with Gasteiger partial charge in [0.1, 0.15) is 0 Å². The Kier molecular flexibility index (Phi) is 15.3. The van der Waals surface area contributed by atoms with Gasteiger partial charge in [0.2, 0.25) is 0 Å². The number of hydrogen-bond acceptors (Lipinski definition) is 4. The molecular weight excluding hydrogens is 284 g/mol. The molecule has 0 bridgehead atoms. The molecule has 2 saturated carbocycles. The van der Waals surface area contributed by atoms with Crippen LogP contribution in [0.3, 0.4) is 0 Å². The summed E-state index contributed by atoms with van der Waals surface area (Å²) in [6.07, 6.45) is 7.99. The maximum atomic E-state index is 5.22. The van der Waals surface area contributed by atoms with E-state index >= 15 is 0 Å². The van der Waals surface area contributed by atoms with Gasteiger partial charge in [-0.05, 0) is 58.7 Å². The van der Waals surface area contributed by atoms with Gasteiger partial charge in [-0.25, -0.2) is 0 Å². The van der Waals surface area contributed by atoms with Gasteiger partial charge >= 0.3 is 0 Å². The number of piperazine rings is 1. The standard InChI is InChI=1S/C7H14N2.C7H17N.C3H7N.C2H6/c1-2-7(1)9-5-3-8-4-6-9;1-4-6-8(3)7-5-2;4-3-1-2-3;1-2/h7-8H,1-6H2;4-7H2,1-3H3;3H,1-2,4H2;1-2H3. The second kappa shape index (κ2) is 15.4. The molecule has 0 aromatic heterocycles. The summed E-state index contributed by atoms with van der Waals surface area (Å²) in [7, 11) is 2.17. The molecule has 3 aliphatic rings. The molecule has 3 N–H and O–H groups in total. The molecule has 0 radical (unpaired) electrons. The van der Waals surface area contributed by atoms with Crippen molar-refractivity contribution in [2.75, 3.05) is 46.3 Å². The molecule has 1 heterocycles. The molecule has 1 saturated heterocycles. The van der Waals surface area contributed by atoms with Crippen LogP contribution in [0.5, 0.6) is 0 Å². The van der Waals surface area contributed by atoms with Crippen LogP contribution in [-0.2, 0) is 0 Å². The lowest BCUT2D eigenvalue weighted by atomic mass is 10.3. The van der Waals surface area contributed by atoms with Gasteiger partial charge in [0.15, 0.2) is 0 Å². The van der Waals surface area contributed by atoms with Crippen molar-refractivity contribution in [2.24, 2.45) is 5.73 Å². The number of hydrogen-bond donors (Lipinski definition) is 2. The minimum absolute atomic E-state index is 0.583. The Labute approximate surface area is 146 Å². The van der Waals surface area contributed by atoms with Gasteiger partial charge in [0, 0.05) is 38.3 Å². The van der Waals surface area contributed by atoms with Crippen LogP contribution in [0.4, 0.5) is 0 Å². The van der Waals surface area contributed by atoms with Crippen LogP contribution in [0.15, 0.2) is 0 Å². The van der Waals surface area contributed by atoms with Crippen LogP contribution in [0.1, 0.15) is 66.2 Å². The highest BCUT2D eigenvalue weighted by atomic mass is 15.2. The highest BCUT2D eigenvalue weighted by Crippen LogP contribution is 2.26. The zero-order valence-corrected chi connectivity index (χ0v) is 16.6. The summed E-state index contributed by atoms with van der Waals surface area (Å²) < 4.78 is 0. The average Bonchev–Trinajstić information content (AvgIpc) is 3.48. The Morgan fingerprint density at radius 3 is 1.70 bits per heavy atom. The van der Waals surface area contributed by atoms with E-state index in [9.17, 15) is 0 Å². The number of nitrogens with one attached hydrogen (secondary N) is 1. The van der Waals surface area contributed by atoms with Crippen molar-refractivity contribution in [1.29, 1.82) is 0 Å². The van der Waals surface area contributed by atoms with E-state index in [1.807, 2.05) is 13.8 Å². The molecule has 23 heavy (non-hydrogen) atoms. The summed E-state index contributed by atoms with van der Waals surface area (Å²) in [5, 5.41) is 3.36. The van der Waals surface area contributed by atoms with Crippen LogP contribution in [0.25, 0.3) is 0 Å². The molecule has 1 aliphatic heterocycles. The number of nitrogens with two attached hydrogens (primary N) is 1. The first-order valence-electron chi connectivity index (χ1n) is 10.1. The van der Waals surface area contributed by atoms with E-state index in [-0.39, 0.29) is 0 Å². The van der Waals surface area contributed by atoms with Crippen LogP contribution in [0, 0.1) is 0 Å². The zero-order valence-electron chi connectivity index (χ0n) is 16.6. The number of rotatable bonds is 5. The lowest BCUT2D eigenvalue weighted by Crippen LogP contribution is -2.44. The third kappa shape index (κ3) is 15.1. The van der Waals surface area contributed by atoms with E-state index in [1.165, 1.54) is 77.8 Å². The lowest BCUT2D eigenvalue weighted by Gasteiger charge is -2.26. The van der Waals surface area contributed by atoms with Gasteiger partial charge in [-0.2, -0.15) is 0 Å². The van der Waals surface area contributed by atoms with E-state index in [4.69, 9.17) is 5.73 Å². The Bertz CT molecular complexity index is 228. The Hall–Kier alpha value is -0.160. The van der Waals surface area contributed by atoms with Crippen molar-refractivity contribution in [3.8, 4) is 0 Å². The minimum Gasteiger partial charge on any atom is -0.328 e. The van der Waals surface area contributed by atoms with Crippen molar-refractivity contribution in [1.82, 2.24) is 15.1 Å². The molecule has 140 valence electrons. The van der Waals surface area contributed by atoms with Crippen molar-refractivity contribution in [3.05, 3.63) is 0 Å². The first kappa shape index (κ1) is 22.8. The molecule has 4 heteroatoms. The predicted octanol–water partition coefficient (Wildman–Crippen LogP) is 2.93. The van der Waals surface area contributed by atoms with E-state index in [1.54, 1.807) is 0 Å². The fraction of sp³-hybridized carbons (Fsp3) is 1.00. The predicted molar refractivity (Wildman–Crippen MR) is 104 cm³/mol. The van der Waals surface area contributed by atoms with Gasteiger partial charge in [0.25, 0.3) is 0 Å². The molecule has 0 amide bonds. The Morgan fingerprint density at radius 2 is 1.39 bits per heavy atom. The molecule has 0 spiro atoms. The van der Waals surface area contributed by atoms with E-state index in [0.29, 0.717) is 6.04 Å². The second-order valence-electron chi connectivity index (χ2n) is 6.66. The molecule has 3 fully saturated rings. The Morgan fingerprint density at radius 1 is 0.957 bits per heavy atom. The van der Waals surface area contributed by atoms with Crippen molar-refractivity contribution in [3.63, 3.8) is 0 Å². The topological polar surface area (TPSA) is 44.5 Å². The second-order valence-corrected chi connectivity index (χ2v) is 6.66. The molecule has 0 aromatic carbocycles. The third-order valence-electron chi connectivity index (χ3n) is 4.05. The monoisotopic (exact) mass is 328 g/mol. The van der Waals surface area contributed by atoms with Crippen molar-refractivity contribution >= 4 is 0 Å². The van der Waals surface area contributed by atoms with E-state index in [2.05, 4.69) is 36.0 Å². The number of nitrogens with zero attached hydrogens (tertiary/aromatic N) is 2. The summed E-state index contributed by atoms with van der Waals surface area (Å²) >= 11 is 0. The molecule has 2 aliphatic carbocycles. The SMILES string of the molecule is C1CN(C2CC2)CCN1.CC.CCCN(C)CCC.NC1CC1. The summed E-state index contributed by atoms with van der Waals surface area (Å²) in [4.78, 5) is 4.97. The molecule has 0 aromatic rings.